The van der Waals surface area contributed by atoms with Crippen molar-refractivity contribution in [2.75, 3.05) is 10.6 Å². The van der Waals surface area contributed by atoms with Crippen LogP contribution >= 0.6 is 0 Å². The van der Waals surface area contributed by atoms with Crippen molar-refractivity contribution in [3.63, 3.8) is 0 Å². The zero-order chi connectivity index (χ0) is 24.1. The summed E-state index contributed by atoms with van der Waals surface area (Å²) in [5.74, 6) is -0.533. The van der Waals surface area contributed by atoms with Gasteiger partial charge in [0.05, 0.1) is 4.90 Å². The molecule has 34 heavy (non-hydrogen) atoms. The number of hydrogen-bond acceptors (Lipinski definition) is 4. The number of carbonyl (C=O) groups excluding carboxylic acids is 2. The van der Waals surface area contributed by atoms with Crippen LogP contribution in [0.2, 0.25) is 0 Å². The Morgan fingerprint density at radius 3 is 2.41 bits per heavy atom. The Hall–Kier alpha value is -3.49. The van der Waals surface area contributed by atoms with E-state index in [0.29, 0.717) is 24.2 Å². The summed E-state index contributed by atoms with van der Waals surface area (Å²) < 4.78 is 29.1. The van der Waals surface area contributed by atoms with Gasteiger partial charge in [0.25, 0.3) is 0 Å². The van der Waals surface area contributed by atoms with Gasteiger partial charge in [-0.05, 0) is 66.3 Å². The standard InChI is InChI=1S/C26H27N3O4S/c1-2-18-8-11-21(12-9-18)27-26(31)24(16-19-6-4-3-5-7-19)29-34(32,33)22-13-14-23-20(17-22)10-15-25(30)28-23/h3-9,11-14,17,24,29H,2,10,15-16H2,1H3,(H,27,31)(H,28,30)/t24-/m1/s1. The van der Waals surface area contributed by atoms with Crippen LogP contribution in [0.25, 0.3) is 0 Å². The molecule has 0 aromatic heterocycles. The first-order valence-corrected chi connectivity index (χ1v) is 12.7. The van der Waals surface area contributed by atoms with E-state index in [4.69, 9.17) is 0 Å². The number of fused-ring (bicyclic) bond motifs is 1. The van der Waals surface area contributed by atoms with E-state index in [0.717, 1.165) is 23.1 Å². The average Bonchev–Trinajstić information content (AvgIpc) is 2.84. The number of carbonyl (C=O) groups is 2. The second-order valence-corrected chi connectivity index (χ2v) is 9.98. The predicted octanol–water partition coefficient (Wildman–Crippen LogP) is 3.66. The summed E-state index contributed by atoms with van der Waals surface area (Å²) in [4.78, 5) is 24.8. The molecule has 3 aromatic rings. The second-order valence-electron chi connectivity index (χ2n) is 8.27. The van der Waals surface area contributed by atoms with Crippen molar-refractivity contribution in [3.8, 4) is 0 Å². The van der Waals surface area contributed by atoms with Crippen molar-refractivity contribution in [1.29, 1.82) is 0 Å². The molecule has 0 saturated carbocycles. The van der Waals surface area contributed by atoms with E-state index in [1.165, 1.54) is 6.07 Å². The first-order valence-electron chi connectivity index (χ1n) is 11.2. The molecule has 0 unspecified atom stereocenters. The lowest BCUT2D eigenvalue weighted by Gasteiger charge is -2.21. The maximum Gasteiger partial charge on any atom is 0.242 e. The molecule has 0 radical (unpaired) electrons. The number of amides is 2. The van der Waals surface area contributed by atoms with Crippen molar-refractivity contribution >= 4 is 33.2 Å². The molecule has 1 aliphatic rings. The van der Waals surface area contributed by atoms with Crippen LogP contribution in [-0.2, 0) is 38.9 Å². The number of hydrogen-bond donors (Lipinski definition) is 3. The first kappa shape index (κ1) is 23.7. The molecular formula is C26H27N3O4S. The van der Waals surface area contributed by atoms with Crippen LogP contribution in [0.3, 0.4) is 0 Å². The maximum atomic E-state index is 13.2. The lowest BCUT2D eigenvalue weighted by Crippen LogP contribution is -2.45. The van der Waals surface area contributed by atoms with Crippen LogP contribution in [0.15, 0.2) is 77.7 Å². The fraction of sp³-hybridized carbons (Fsp3) is 0.231. The topological polar surface area (TPSA) is 104 Å². The Kier molecular flexibility index (Phi) is 7.09. The van der Waals surface area contributed by atoms with Gasteiger partial charge in [-0.1, -0.05) is 49.4 Å². The third kappa shape index (κ3) is 5.70. The van der Waals surface area contributed by atoms with Crippen molar-refractivity contribution in [2.24, 2.45) is 0 Å². The van der Waals surface area contributed by atoms with E-state index in [1.54, 1.807) is 12.1 Å². The maximum absolute atomic E-state index is 13.2. The molecule has 176 valence electrons. The van der Waals surface area contributed by atoms with Crippen molar-refractivity contribution < 1.29 is 18.0 Å². The molecule has 1 aliphatic heterocycles. The van der Waals surface area contributed by atoms with Crippen LogP contribution in [0, 0.1) is 0 Å². The summed E-state index contributed by atoms with van der Waals surface area (Å²) in [6.45, 7) is 2.05. The zero-order valence-corrected chi connectivity index (χ0v) is 19.7. The molecule has 8 heteroatoms. The lowest BCUT2D eigenvalue weighted by atomic mass is 10.0. The van der Waals surface area contributed by atoms with Gasteiger partial charge in [0.15, 0.2) is 0 Å². The molecular weight excluding hydrogens is 450 g/mol. The molecule has 0 bridgehead atoms. The minimum atomic E-state index is -4.00. The minimum Gasteiger partial charge on any atom is -0.326 e. The lowest BCUT2D eigenvalue weighted by molar-refractivity contribution is -0.118. The molecule has 3 aromatic carbocycles. The third-order valence-corrected chi connectivity index (χ3v) is 7.28. The van der Waals surface area contributed by atoms with Crippen LogP contribution < -0.4 is 15.4 Å². The largest absolute Gasteiger partial charge is 0.326 e. The van der Waals surface area contributed by atoms with Gasteiger partial charge >= 0.3 is 0 Å². The minimum absolute atomic E-state index is 0.0561. The van der Waals surface area contributed by atoms with E-state index in [-0.39, 0.29) is 17.2 Å². The highest BCUT2D eigenvalue weighted by Gasteiger charge is 2.27. The first-order chi connectivity index (χ1) is 16.3. The number of nitrogens with one attached hydrogen (secondary N) is 3. The molecule has 0 aliphatic carbocycles. The van der Waals surface area contributed by atoms with Gasteiger partial charge in [-0.25, -0.2) is 8.42 Å². The highest BCUT2D eigenvalue weighted by atomic mass is 32.2. The van der Waals surface area contributed by atoms with Gasteiger partial charge in [-0.2, -0.15) is 4.72 Å². The molecule has 0 fully saturated rings. The van der Waals surface area contributed by atoms with Gasteiger partial charge in [-0.15, -0.1) is 0 Å². The van der Waals surface area contributed by atoms with Crippen molar-refractivity contribution in [1.82, 2.24) is 4.72 Å². The Balaban J connectivity index is 1.57. The third-order valence-electron chi connectivity index (χ3n) is 5.81. The molecule has 4 rings (SSSR count). The van der Waals surface area contributed by atoms with Crippen molar-refractivity contribution in [2.45, 2.75) is 43.5 Å². The van der Waals surface area contributed by atoms with E-state index in [1.807, 2.05) is 61.5 Å². The highest BCUT2D eigenvalue weighted by molar-refractivity contribution is 7.89. The zero-order valence-electron chi connectivity index (χ0n) is 18.9. The summed E-state index contributed by atoms with van der Waals surface area (Å²) in [5.41, 5.74) is 3.94. The van der Waals surface area contributed by atoms with Gasteiger partial charge in [0, 0.05) is 17.8 Å². The molecule has 0 saturated heterocycles. The monoisotopic (exact) mass is 477 g/mol. The normalized spacial score (nSPS) is 14.1. The van der Waals surface area contributed by atoms with Gasteiger partial charge in [-0.3, -0.25) is 9.59 Å². The summed E-state index contributed by atoms with van der Waals surface area (Å²) in [5, 5.41) is 5.58. The summed E-state index contributed by atoms with van der Waals surface area (Å²) in [6, 6.07) is 20.3. The fourth-order valence-corrected chi connectivity index (χ4v) is 5.12. The van der Waals surface area contributed by atoms with E-state index in [2.05, 4.69) is 15.4 Å². The number of anilines is 2. The Labute approximate surface area is 199 Å². The van der Waals surface area contributed by atoms with Crippen LogP contribution in [0.4, 0.5) is 11.4 Å². The Morgan fingerprint density at radius 1 is 0.971 bits per heavy atom. The smallest absolute Gasteiger partial charge is 0.242 e. The number of rotatable bonds is 8. The molecule has 1 atom stereocenters. The highest BCUT2D eigenvalue weighted by Crippen LogP contribution is 2.25. The fourth-order valence-electron chi connectivity index (χ4n) is 3.87. The summed E-state index contributed by atoms with van der Waals surface area (Å²) in [6.07, 6.45) is 1.85. The average molecular weight is 478 g/mol. The summed E-state index contributed by atoms with van der Waals surface area (Å²) in [7, 11) is -4.00. The molecule has 0 spiro atoms. The van der Waals surface area contributed by atoms with E-state index < -0.39 is 22.0 Å². The second kappa shape index (κ2) is 10.2. The van der Waals surface area contributed by atoms with Gasteiger partial charge < -0.3 is 10.6 Å². The molecule has 1 heterocycles. The van der Waals surface area contributed by atoms with Gasteiger partial charge in [0.2, 0.25) is 21.8 Å². The van der Waals surface area contributed by atoms with Crippen LogP contribution in [0.5, 0.6) is 0 Å². The van der Waals surface area contributed by atoms with E-state index >= 15 is 0 Å². The molecule has 2 amide bonds. The predicted molar refractivity (Wildman–Crippen MR) is 132 cm³/mol. The van der Waals surface area contributed by atoms with Gasteiger partial charge in [0.1, 0.15) is 6.04 Å². The molecule has 3 N–H and O–H groups in total. The van der Waals surface area contributed by atoms with Crippen LogP contribution in [0.1, 0.15) is 30.0 Å². The van der Waals surface area contributed by atoms with E-state index in [9.17, 15) is 18.0 Å². The SMILES string of the molecule is CCc1ccc(NC(=O)[C@@H](Cc2ccccc2)NS(=O)(=O)c2ccc3c(c2)CCC(=O)N3)cc1. The Morgan fingerprint density at radius 2 is 1.71 bits per heavy atom. The number of benzene rings is 3. The quantitative estimate of drug-likeness (QED) is 0.461. The number of aryl methyl sites for hydroxylation is 2. The van der Waals surface area contributed by atoms with Crippen LogP contribution in [-0.4, -0.2) is 26.3 Å². The summed E-state index contributed by atoms with van der Waals surface area (Å²) >= 11 is 0. The molecule has 7 nitrogen and oxygen atoms in total. The number of sulfonamides is 1. The van der Waals surface area contributed by atoms with Crippen molar-refractivity contribution in [3.05, 3.63) is 89.5 Å². The Bertz CT molecular complexity index is 1290.